The Morgan fingerprint density at radius 3 is 2.25 bits per heavy atom. The lowest BCUT2D eigenvalue weighted by Crippen LogP contribution is -2.22. The first-order valence-electron chi connectivity index (χ1n) is 16.9. The Hall–Kier alpha value is -7.04. The van der Waals surface area contributed by atoms with Crippen LogP contribution in [0.4, 0.5) is 22.7 Å². The minimum Gasteiger partial charge on any atom is -0.505 e. The average molecular weight is 702 g/mol. The zero-order valence-corrected chi connectivity index (χ0v) is 28.7. The van der Waals surface area contributed by atoms with E-state index in [0.29, 0.717) is 40.0 Å². The molecule has 2 amide bonds. The van der Waals surface area contributed by atoms with Gasteiger partial charge in [0.2, 0.25) is 0 Å². The third-order valence-corrected chi connectivity index (χ3v) is 8.63. The molecular weight excluding hydrogens is 667 g/mol. The van der Waals surface area contributed by atoms with Gasteiger partial charge in [0, 0.05) is 28.6 Å². The van der Waals surface area contributed by atoms with Crippen molar-refractivity contribution in [2.24, 2.45) is 10.2 Å². The molecule has 0 saturated heterocycles. The van der Waals surface area contributed by atoms with Crippen molar-refractivity contribution in [1.29, 1.82) is 0 Å². The zero-order chi connectivity index (χ0) is 36.6. The first-order chi connectivity index (χ1) is 26.0. The van der Waals surface area contributed by atoms with Crippen molar-refractivity contribution in [3.63, 3.8) is 0 Å². The highest BCUT2D eigenvalue weighted by Crippen LogP contribution is 2.41. The lowest BCUT2D eigenvalue weighted by molar-refractivity contribution is 0.0950. The van der Waals surface area contributed by atoms with E-state index < -0.39 is 5.91 Å². The maximum atomic E-state index is 13.9. The molecule has 0 aliphatic rings. The molecule has 262 valence electrons. The van der Waals surface area contributed by atoms with Crippen molar-refractivity contribution in [3.8, 4) is 11.5 Å². The molecule has 7 aromatic rings. The number of aromatic hydroxyl groups is 1. The number of fused-ring (bicyclic) bond motifs is 2. The summed E-state index contributed by atoms with van der Waals surface area (Å²) in [5.74, 6) is -0.775. The molecule has 7 aromatic carbocycles. The molecule has 0 bridgehead atoms. The minimum absolute atomic E-state index is 0.0395. The van der Waals surface area contributed by atoms with Crippen molar-refractivity contribution in [2.45, 2.75) is 13.2 Å². The highest BCUT2D eigenvalue weighted by molar-refractivity contribution is 6.14. The molecule has 7 rings (SSSR count). The van der Waals surface area contributed by atoms with Gasteiger partial charge in [-0.25, -0.2) is 0 Å². The van der Waals surface area contributed by atoms with E-state index in [-0.39, 0.29) is 29.5 Å². The summed E-state index contributed by atoms with van der Waals surface area (Å²) in [6.45, 7) is 0.564. The Morgan fingerprint density at radius 2 is 1.43 bits per heavy atom. The maximum Gasteiger partial charge on any atom is 0.259 e. The van der Waals surface area contributed by atoms with Crippen LogP contribution in [0.3, 0.4) is 0 Å². The third-order valence-electron chi connectivity index (χ3n) is 8.63. The molecule has 0 radical (unpaired) electrons. The quantitative estimate of drug-likeness (QED) is 0.0740. The molecule has 53 heavy (non-hydrogen) atoms. The number of phenolic OH excluding ortho intramolecular Hbond substituents is 1. The highest BCUT2D eigenvalue weighted by Gasteiger charge is 2.21. The van der Waals surface area contributed by atoms with Gasteiger partial charge in [-0.3, -0.25) is 19.9 Å². The number of anilines is 2. The number of para-hydroxylation sites is 1. The van der Waals surface area contributed by atoms with Crippen LogP contribution in [0.2, 0.25) is 0 Å². The summed E-state index contributed by atoms with van der Waals surface area (Å²) < 4.78 is 5.56. The first-order valence-corrected chi connectivity index (χ1v) is 16.9. The van der Waals surface area contributed by atoms with Crippen LogP contribution in [0.15, 0.2) is 156 Å². The van der Waals surface area contributed by atoms with Gasteiger partial charge < -0.3 is 20.5 Å². The van der Waals surface area contributed by atoms with Gasteiger partial charge in [0.1, 0.15) is 17.1 Å². The Balaban J connectivity index is 1.23. The first kappa shape index (κ1) is 34.4. The molecular formula is C43H35N5O5. The van der Waals surface area contributed by atoms with Gasteiger partial charge in [-0.15, -0.1) is 10.2 Å². The molecule has 0 heterocycles. The standard InChI is InChI=1S/C43H35N5O5/c1-52-39-22-19-29(27-53-48-33-15-6-3-7-16-33)23-38(39)46-47-40-35-21-20-31(42(50)44-26-28-11-4-2-5-12-28)24-32(35)25-36(41(40)49)43(51)45-37-18-10-14-30-13-8-9-17-34(30)37/h2-25,48-49H,26-27H2,1H3,(H,44,50)(H,45,51). The molecule has 0 aliphatic carbocycles. The summed E-state index contributed by atoms with van der Waals surface area (Å²) >= 11 is 0. The molecule has 0 saturated carbocycles. The number of azo groups is 1. The van der Waals surface area contributed by atoms with Crippen molar-refractivity contribution < 1.29 is 24.3 Å². The van der Waals surface area contributed by atoms with Gasteiger partial charge in [0.15, 0.2) is 5.75 Å². The molecule has 10 heteroatoms. The van der Waals surface area contributed by atoms with Gasteiger partial charge in [-0.05, 0) is 70.4 Å². The predicted octanol–water partition coefficient (Wildman–Crippen LogP) is 9.85. The lowest BCUT2D eigenvalue weighted by Gasteiger charge is -2.14. The summed E-state index contributed by atoms with van der Waals surface area (Å²) in [6, 6.07) is 44.3. The van der Waals surface area contributed by atoms with E-state index in [1.807, 2.05) is 103 Å². The molecule has 0 aromatic heterocycles. The number of phenols is 1. The Kier molecular flexibility index (Phi) is 10.3. The number of rotatable bonds is 12. The number of nitrogens with zero attached hydrogens (tertiary/aromatic N) is 2. The number of benzene rings is 7. The van der Waals surface area contributed by atoms with E-state index in [1.165, 1.54) is 7.11 Å². The summed E-state index contributed by atoms with van der Waals surface area (Å²) in [6.07, 6.45) is 0. The van der Waals surface area contributed by atoms with Gasteiger partial charge in [-0.2, -0.15) is 0 Å². The summed E-state index contributed by atoms with van der Waals surface area (Å²) in [5, 5.41) is 29.3. The number of ether oxygens (including phenoxy) is 1. The maximum absolute atomic E-state index is 13.9. The predicted molar refractivity (Wildman–Crippen MR) is 207 cm³/mol. The lowest BCUT2D eigenvalue weighted by atomic mass is 10.00. The molecule has 0 spiro atoms. The normalized spacial score (nSPS) is 11.1. The molecule has 0 unspecified atom stereocenters. The van der Waals surface area contributed by atoms with Gasteiger partial charge in [-0.1, -0.05) is 97.1 Å². The second-order valence-electron chi connectivity index (χ2n) is 12.2. The van der Waals surface area contributed by atoms with Gasteiger partial charge in [0.05, 0.1) is 25.0 Å². The number of hydrogen-bond donors (Lipinski definition) is 4. The Labute approximate surface area is 305 Å². The summed E-state index contributed by atoms with van der Waals surface area (Å²) in [7, 11) is 1.52. The van der Waals surface area contributed by atoms with E-state index >= 15 is 0 Å². The van der Waals surface area contributed by atoms with Crippen LogP contribution in [-0.4, -0.2) is 24.0 Å². The number of carbonyl (C=O) groups excluding carboxylic acids is 2. The van der Waals surface area contributed by atoms with Crippen LogP contribution in [0, 0.1) is 0 Å². The van der Waals surface area contributed by atoms with Crippen molar-refractivity contribution in [2.75, 3.05) is 17.9 Å². The van der Waals surface area contributed by atoms with E-state index in [9.17, 15) is 14.7 Å². The fourth-order valence-electron chi connectivity index (χ4n) is 5.91. The fraction of sp³-hybridized carbons (Fsp3) is 0.0698. The molecule has 0 fully saturated rings. The number of nitrogens with one attached hydrogen (secondary N) is 3. The fourth-order valence-corrected chi connectivity index (χ4v) is 5.91. The molecule has 4 N–H and O–H groups in total. The van der Waals surface area contributed by atoms with Crippen LogP contribution in [0.1, 0.15) is 31.8 Å². The van der Waals surface area contributed by atoms with Crippen molar-refractivity contribution in [1.82, 2.24) is 5.32 Å². The van der Waals surface area contributed by atoms with Gasteiger partial charge in [0.25, 0.3) is 11.8 Å². The number of methoxy groups -OCH3 is 1. The Morgan fingerprint density at radius 1 is 0.679 bits per heavy atom. The molecule has 0 atom stereocenters. The number of amides is 2. The topological polar surface area (TPSA) is 134 Å². The van der Waals surface area contributed by atoms with E-state index in [2.05, 4.69) is 26.3 Å². The van der Waals surface area contributed by atoms with Crippen molar-refractivity contribution >= 4 is 56.1 Å². The highest BCUT2D eigenvalue weighted by atomic mass is 16.6. The molecule has 0 aliphatic heterocycles. The molecule has 10 nitrogen and oxygen atoms in total. The SMILES string of the molecule is COc1ccc(CONc2ccccc2)cc1N=Nc1c(O)c(C(=O)Nc2cccc3ccccc23)cc2cc(C(=O)NCc3ccccc3)ccc12. The second kappa shape index (κ2) is 15.9. The number of carbonyl (C=O) groups is 2. The van der Waals surface area contributed by atoms with Crippen LogP contribution in [-0.2, 0) is 18.0 Å². The van der Waals surface area contributed by atoms with Gasteiger partial charge >= 0.3 is 0 Å². The van der Waals surface area contributed by atoms with E-state index in [4.69, 9.17) is 9.57 Å². The third kappa shape index (κ3) is 7.98. The van der Waals surface area contributed by atoms with Crippen LogP contribution < -0.4 is 20.9 Å². The van der Waals surface area contributed by atoms with E-state index in [1.54, 1.807) is 42.5 Å². The summed E-state index contributed by atoms with van der Waals surface area (Å²) in [5.41, 5.74) is 6.81. The van der Waals surface area contributed by atoms with Crippen LogP contribution in [0.25, 0.3) is 21.5 Å². The summed E-state index contributed by atoms with van der Waals surface area (Å²) in [4.78, 5) is 32.9. The van der Waals surface area contributed by atoms with E-state index in [0.717, 1.165) is 27.6 Å². The average Bonchev–Trinajstić information content (AvgIpc) is 3.20. The van der Waals surface area contributed by atoms with Crippen LogP contribution >= 0.6 is 0 Å². The monoisotopic (exact) mass is 701 g/mol. The Bertz CT molecular complexity index is 2450. The van der Waals surface area contributed by atoms with Crippen LogP contribution in [0.5, 0.6) is 11.5 Å². The second-order valence-corrected chi connectivity index (χ2v) is 12.2. The smallest absolute Gasteiger partial charge is 0.259 e. The minimum atomic E-state index is -0.557. The number of hydrogen-bond acceptors (Lipinski definition) is 8. The van der Waals surface area contributed by atoms with Crippen molar-refractivity contribution in [3.05, 3.63) is 168 Å². The largest absolute Gasteiger partial charge is 0.505 e. The zero-order valence-electron chi connectivity index (χ0n) is 28.7.